The third kappa shape index (κ3) is 2.02. The molecule has 0 saturated heterocycles. The highest BCUT2D eigenvalue weighted by atomic mass is 35.5. The van der Waals surface area contributed by atoms with Gasteiger partial charge in [0.05, 0.1) is 5.02 Å². The van der Waals surface area contributed by atoms with Gasteiger partial charge in [0.15, 0.2) is 0 Å². The molecule has 0 bridgehead atoms. The first-order chi connectivity index (χ1) is 9.15. The highest BCUT2D eigenvalue weighted by molar-refractivity contribution is 6.31. The third-order valence-electron chi connectivity index (χ3n) is 2.32. The Bertz CT molecular complexity index is 741. The standard InChI is InChI=1S/C10H5ClFN5O2/c11-5-3-4(1-2-6(5)12)9-14-10(18-17-9)7-8(13)16-19-15-7/h1-3H,(H2,13,16). The van der Waals surface area contributed by atoms with Crippen molar-refractivity contribution in [3.8, 4) is 23.0 Å². The van der Waals surface area contributed by atoms with Crippen LogP contribution in [0.2, 0.25) is 5.02 Å². The Morgan fingerprint density at radius 1 is 1.21 bits per heavy atom. The number of hydrogen-bond acceptors (Lipinski definition) is 7. The summed E-state index contributed by atoms with van der Waals surface area (Å²) >= 11 is 5.68. The number of halogens is 2. The fourth-order valence-corrected chi connectivity index (χ4v) is 1.60. The summed E-state index contributed by atoms with van der Waals surface area (Å²) in [4.78, 5) is 4.05. The van der Waals surface area contributed by atoms with Crippen LogP contribution < -0.4 is 5.73 Å². The first kappa shape index (κ1) is 11.6. The summed E-state index contributed by atoms with van der Waals surface area (Å²) in [6, 6.07) is 4.07. The molecular formula is C10H5ClFN5O2. The van der Waals surface area contributed by atoms with Gasteiger partial charge in [-0.3, -0.25) is 0 Å². The molecule has 7 nitrogen and oxygen atoms in total. The van der Waals surface area contributed by atoms with Crippen LogP contribution in [0.1, 0.15) is 0 Å². The molecule has 0 amide bonds. The van der Waals surface area contributed by atoms with Crippen molar-refractivity contribution < 1.29 is 13.5 Å². The van der Waals surface area contributed by atoms with Gasteiger partial charge in [0.2, 0.25) is 17.3 Å². The number of nitrogen functional groups attached to an aromatic ring is 1. The molecule has 0 atom stereocenters. The molecule has 0 aliphatic heterocycles. The Labute approximate surface area is 110 Å². The van der Waals surface area contributed by atoms with Crippen LogP contribution in [0.5, 0.6) is 0 Å². The van der Waals surface area contributed by atoms with Gasteiger partial charge in [0.25, 0.3) is 5.89 Å². The van der Waals surface area contributed by atoms with E-state index < -0.39 is 5.82 Å². The smallest absolute Gasteiger partial charge is 0.284 e. The number of anilines is 1. The van der Waals surface area contributed by atoms with Crippen LogP contribution in [0.25, 0.3) is 23.0 Å². The van der Waals surface area contributed by atoms with E-state index in [0.717, 1.165) is 0 Å². The molecule has 2 N–H and O–H groups in total. The first-order valence-corrected chi connectivity index (χ1v) is 5.40. The van der Waals surface area contributed by atoms with E-state index in [2.05, 4.69) is 25.1 Å². The van der Waals surface area contributed by atoms with Crippen molar-refractivity contribution in [2.45, 2.75) is 0 Å². The highest BCUT2D eigenvalue weighted by Gasteiger charge is 2.18. The number of hydrogen-bond donors (Lipinski definition) is 1. The molecule has 9 heteroatoms. The molecule has 3 rings (SSSR count). The maximum absolute atomic E-state index is 13.1. The SMILES string of the molecule is Nc1nonc1-c1nc(-c2ccc(F)c(Cl)c2)no1. The molecule has 0 saturated carbocycles. The molecular weight excluding hydrogens is 277 g/mol. The van der Waals surface area contributed by atoms with Crippen LogP contribution in [-0.4, -0.2) is 20.5 Å². The fourth-order valence-electron chi connectivity index (χ4n) is 1.42. The van der Waals surface area contributed by atoms with Crippen molar-refractivity contribution in [1.29, 1.82) is 0 Å². The average Bonchev–Trinajstić information content (AvgIpc) is 3.01. The predicted molar refractivity (Wildman–Crippen MR) is 62.4 cm³/mol. The molecule has 0 spiro atoms. The Morgan fingerprint density at radius 3 is 2.74 bits per heavy atom. The van der Waals surface area contributed by atoms with Gasteiger partial charge < -0.3 is 10.3 Å². The van der Waals surface area contributed by atoms with Gasteiger partial charge in [-0.25, -0.2) is 9.02 Å². The molecule has 0 fully saturated rings. The predicted octanol–water partition coefficient (Wildman–Crippen LogP) is 2.16. The van der Waals surface area contributed by atoms with Crippen LogP contribution in [-0.2, 0) is 0 Å². The van der Waals surface area contributed by atoms with Gasteiger partial charge in [-0.1, -0.05) is 16.8 Å². The molecule has 3 aromatic rings. The normalized spacial score (nSPS) is 10.8. The molecule has 0 radical (unpaired) electrons. The van der Waals surface area contributed by atoms with E-state index in [1.165, 1.54) is 18.2 Å². The molecule has 0 aliphatic carbocycles. The lowest BCUT2D eigenvalue weighted by atomic mass is 10.2. The van der Waals surface area contributed by atoms with Gasteiger partial charge >= 0.3 is 0 Å². The van der Waals surface area contributed by atoms with Crippen molar-refractivity contribution in [2.75, 3.05) is 5.73 Å². The monoisotopic (exact) mass is 281 g/mol. The van der Waals surface area contributed by atoms with Crippen LogP contribution in [0.4, 0.5) is 10.2 Å². The second kappa shape index (κ2) is 4.32. The zero-order valence-electron chi connectivity index (χ0n) is 9.17. The second-order valence-corrected chi connectivity index (χ2v) is 3.96. The number of nitrogens with zero attached hydrogens (tertiary/aromatic N) is 4. The minimum atomic E-state index is -0.529. The van der Waals surface area contributed by atoms with E-state index in [4.69, 9.17) is 21.9 Å². The van der Waals surface area contributed by atoms with Crippen molar-refractivity contribution in [2.24, 2.45) is 0 Å². The molecule has 2 heterocycles. The van der Waals surface area contributed by atoms with Gasteiger partial charge in [-0.05, 0) is 28.5 Å². The minimum Gasteiger partial charge on any atom is -0.379 e. The third-order valence-corrected chi connectivity index (χ3v) is 2.61. The molecule has 1 aromatic carbocycles. The minimum absolute atomic E-state index is 0.0346. The zero-order valence-corrected chi connectivity index (χ0v) is 9.93. The summed E-state index contributed by atoms with van der Waals surface area (Å²) in [6.07, 6.45) is 0. The molecule has 19 heavy (non-hydrogen) atoms. The van der Waals surface area contributed by atoms with E-state index in [-0.39, 0.29) is 28.2 Å². The number of rotatable bonds is 2. The molecule has 2 aromatic heterocycles. The lowest BCUT2D eigenvalue weighted by Crippen LogP contribution is -1.88. The lowest BCUT2D eigenvalue weighted by molar-refractivity contribution is 0.308. The van der Waals surface area contributed by atoms with Gasteiger partial charge in [0.1, 0.15) is 5.82 Å². The van der Waals surface area contributed by atoms with Crippen molar-refractivity contribution in [3.63, 3.8) is 0 Å². The quantitative estimate of drug-likeness (QED) is 0.767. The number of nitrogens with two attached hydrogens (primary N) is 1. The Balaban J connectivity index is 2.01. The van der Waals surface area contributed by atoms with E-state index in [1.807, 2.05) is 0 Å². The van der Waals surface area contributed by atoms with Gasteiger partial charge in [-0.15, -0.1) is 0 Å². The van der Waals surface area contributed by atoms with Crippen LogP contribution in [0.3, 0.4) is 0 Å². The Morgan fingerprint density at radius 2 is 2.05 bits per heavy atom. The molecule has 0 aliphatic rings. The van der Waals surface area contributed by atoms with Crippen molar-refractivity contribution in [3.05, 3.63) is 29.0 Å². The van der Waals surface area contributed by atoms with Crippen LogP contribution in [0, 0.1) is 5.82 Å². The van der Waals surface area contributed by atoms with E-state index in [0.29, 0.717) is 5.56 Å². The van der Waals surface area contributed by atoms with Gasteiger partial charge in [0, 0.05) is 5.56 Å². The highest BCUT2D eigenvalue weighted by Crippen LogP contribution is 2.26. The lowest BCUT2D eigenvalue weighted by Gasteiger charge is -1.96. The Hall–Kier alpha value is -2.48. The van der Waals surface area contributed by atoms with Crippen molar-refractivity contribution >= 4 is 17.4 Å². The summed E-state index contributed by atoms with van der Waals surface area (Å²) < 4.78 is 22.5. The molecule has 96 valence electrons. The van der Waals surface area contributed by atoms with Crippen molar-refractivity contribution in [1.82, 2.24) is 20.5 Å². The summed E-state index contributed by atoms with van der Waals surface area (Å²) in [7, 11) is 0. The second-order valence-electron chi connectivity index (χ2n) is 3.55. The van der Waals surface area contributed by atoms with Gasteiger partial charge in [-0.2, -0.15) is 4.98 Å². The maximum Gasteiger partial charge on any atom is 0.284 e. The maximum atomic E-state index is 13.1. The largest absolute Gasteiger partial charge is 0.379 e. The summed E-state index contributed by atoms with van der Waals surface area (Å²) in [5, 5.41) is 10.6. The summed E-state index contributed by atoms with van der Waals surface area (Å²) in [5.74, 6) is -0.222. The topological polar surface area (TPSA) is 104 Å². The number of aromatic nitrogens is 4. The Kier molecular flexibility index (Phi) is 2.64. The van der Waals surface area contributed by atoms with Crippen LogP contribution >= 0.6 is 11.6 Å². The summed E-state index contributed by atoms with van der Waals surface area (Å²) in [5.41, 5.74) is 6.14. The average molecular weight is 282 g/mol. The summed E-state index contributed by atoms with van der Waals surface area (Å²) in [6.45, 7) is 0. The van der Waals surface area contributed by atoms with Crippen LogP contribution in [0.15, 0.2) is 27.4 Å². The first-order valence-electron chi connectivity index (χ1n) is 5.02. The zero-order chi connectivity index (χ0) is 13.4. The molecule has 0 unspecified atom stereocenters. The van der Waals surface area contributed by atoms with E-state index in [9.17, 15) is 4.39 Å². The fraction of sp³-hybridized carbons (Fsp3) is 0. The van der Waals surface area contributed by atoms with E-state index in [1.54, 1.807) is 0 Å². The number of benzene rings is 1. The van der Waals surface area contributed by atoms with E-state index >= 15 is 0 Å².